The van der Waals surface area contributed by atoms with E-state index in [1.54, 1.807) is 16.9 Å². The van der Waals surface area contributed by atoms with Crippen molar-refractivity contribution in [1.82, 2.24) is 14.9 Å². The monoisotopic (exact) mass is 350 g/mol. The Hall–Kier alpha value is -1.40. The predicted octanol–water partition coefficient (Wildman–Crippen LogP) is 2.20. The van der Waals surface area contributed by atoms with E-state index in [0.29, 0.717) is 18.0 Å². The van der Waals surface area contributed by atoms with Crippen molar-refractivity contribution in [3.63, 3.8) is 0 Å². The van der Waals surface area contributed by atoms with Crippen LogP contribution in [-0.2, 0) is 0 Å². The van der Waals surface area contributed by atoms with Gasteiger partial charge < -0.3 is 11.1 Å². The first-order valence-electron chi connectivity index (χ1n) is 7.07. The van der Waals surface area contributed by atoms with Crippen LogP contribution in [0.5, 0.6) is 0 Å². The fourth-order valence-corrected chi connectivity index (χ4v) is 3.40. The van der Waals surface area contributed by atoms with E-state index in [4.69, 9.17) is 5.73 Å². The Morgan fingerprint density at radius 2 is 2.33 bits per heavy atom. The highest BCUT2D eigenvalue weighted by Gasteiger charge is 2.47. The highest BCUT2D eigenvalue weighted by molar-refractivity contribution is 9.10. The summed E-state index contributed by atoms with van der Waals surface area (Å²) in [4.78, 5) is 12.4. The number of nitrogens with two attached hydrogens (primary N) is 1. The molecule has 112 valence electrons. The summed E-state index contributed by atoms with van der Waals surface area (Å²) in [6.45, 7) is 4.99. The summed E-state index contributed by atoms with van der Waals surface area (Å²) >= 11 is 3.42. The zero-order valence-corrected chi connectivity index (χ0v) is 13.7. The van der Waals surface area contributed by atoms with Gasteiger partial charge in [-0.3, -0.25) is 4.79 Å². The lowest BCUT2D eigenvalue weighted by atomic mass is 9.58. The van der Waals surface area contributed by atoms with Crippen LogP contribution in [0, 0.1) is 11.3 Å². The van der Waals surface area contributed by atoms with Gasteiger partial charge in [-0.25, -0.2) is 4.52 Å². The molecule has 1 aliphatic rings. The molecular weight excluding hydrogens is 332 g/mol. The molecule has 1 fully saturated rings. The van der Waals surface area contributed by atoms with Crippen LogP contribution in [0.25, 0.3) is 5.52 Å². The average Bonchev–Trinajstić information content (AvgIpc) is 2.83. The highest BCUT2D eigenvalue weighted by Crippen LogP contribution is 2.45. The summed E-state index contributed by atoms with van der Waals surface area (Å²) in [5, 5.41) is 7.31. The molecule has 21 heavy (non-hydrogen) atoms. The van der Waals surface area contributed by atoms with E-state index in [1.165, 1.54) is 0 Å². The molecule has 3 N–H and O–H groups in total. The maximum atomic E-state index is 12.4. The smallest absolute Gasteiger partial charge is 0.253 e. The summed E-state index contributed by atoms with van der Waals surface area (Å²) < 4.78 is 2.62. The highest BCUT2D eigenvalue weighted by atomic mass is 79.9. The van der Waals surface area contributed by atoms with Gasteiger partial charge in [0.1, 0.15) is 0 Å². The molecule has 0 aromatic carbocycles. The van der Waals surface area contributed by atoms with Gasteiger partial charge in [0, 0.05) is 12.2 Å². The molecule has 2 atom stereocenters. The van der Waals surface area contributed by atoms with Crippen molar-refractivity contribution in [2.24, 2.45) is 17.1 Å². The van der Waals surface area contributed by atoms with E-state index in [-0.39, 0.29) is 17.4 Å². The Kier molecular flexibility index (Phi) is 3.53. The van der Waals surface area contributed by atoms with Gasteiger partial charge in [0.15, 0.2) is 0 Å². The fourth-order valence-electron chi connectivity index (χ4n) is 2.99. The Morgan fingerprint density at radius 3 is 3.00 bits per heavy atom. The SMILES string of the molecule is CC1(C)C(CN)CC1NC(=O)c1ccc2c(Br)cnn2c1. The van der Waals surface area contributed by atoms with E-state index in [1.807, 2.05) is 12.1 Å². The lowest BCUT2D eigenvalue weighted by Gasteiger charge is -2.52. The number of aromatic nitrogens is 2. The number of fused-ring (bicyclic) bond motifs is 1. The fraction of sp³-hybridized carbons (Fsp3) is 0.467. The number of carbonyl (C=O) groups is 1. The van der Waals surface area contributed by atoms with Gasteiger partial charge in [-0.2, -0.15) is 5.10 Å². The minimum absolute atomic E-state index is 0.0583. The number of pyridine rings is 1. The molecule has 1 saturated carbocycles. The summed E-state index contributed by atoms with van der Waals surface area (Å²) in [6.07, 6.45) is 4.42. The first kappa shape index (κ1) is 14.5. The van der Waals surface area contributed by atoms with Crippen LogP contribution < -0.4 is 11.1 Å². The number of nitrogens with one attached hydrogen (secondary N) is 1. The van der Waals surface area contributed by atoms with Crippen LogP contribution in [0.1, 0.15) is 30.6 Å². The van der Waals surface area contributed by atoms with E-state index >= 15 is 0 Å². The van der Waals surface area contributed by atoms with Crippen LogP contribution in [0.15, 0.2) is 29.0 Å². The summed E-state index contributed by atoms with van der Waals surface area (Å²) in [5.74, 6) is 0.421. The number of amides is 1. The average molecular weight is 351 g/mol. The topological polar surface area (TPSA) is 72.4 Å². The summed E-state index contributed by atoms with van der Waals surface area (Å²) in [7, 11) is 0. The first-order valence-corrected chi connectivity index (χ1v) is 7.86. The predicted molar refractivity (Wildman–Crippen MR) is 85.1 cm³/mol. The van der Waals surface area contributed by atoms with E-state index in [2.05, 4.69) is 40.2 Å². The Morgan fingerprint density at radius 1 is 1.57 bits per heavy atom. The van der Waals surface area contributed by atoms with E-state index < -0.39 is 0 Å². The first-order chi connectivity index (χ1) is 9.93. The molecule has 0 bridgehead atoms. The molecule has 6 heteroatoms. The van der Waals surface area contributed by atoms with Crippen molar-refractivity contribution in [3.8, 4) is 0 Å². The number of rotatable bonds is 3. The standard InChI is InChI=1S/C15H19BrN4O/c1-15(2)10(6-17)5-13(15)19-14(21)9-3-4-12-11(16)7-18-20(12)8-9/h3-4,7-8,10,13H,5-6,17H2,1-2H3,(H,19,21). The van der Waals surface area contributed by atoms with Crippen LogP contribution in [0.3, 0.4) is 0 Å². The maximum Gasteiger partial charge on any atom is 0.253 e. The molecule has 2 aromatic heterocycles. The van der Waals surface area contributed by atoms with Gasteiger partial charge in [-0.05, 0) is 52.4 Å². The molecule has 2 aromatic rings. The Labute approximate surface area is 132 Å². The van der Waals surface area contributed by atoms with E-state index in [0.717, 1.165) is 16.4 Å². The zero-order chi connectivity index (χ0) is 15.2. The molecule has 0 aliphatic heterocycles. The molecule has 0 spiro atoms. The molecule has 5 nitrogen and oxygen atoms in total. The normalized spacial score (nSPS) is 23.8. The van der Waals surface area contributed by atoms with Gasteiger partial charge >= 0.3 is 0 Å². The van der Waals surface area contributed by atoms with Crippen molar-refractivity contribution in [2.45, 2.75) is 26.3 Å². The van der Waals surface area contributed by atoms with Crippen LogP contribution >= 0.6 is 15.9 Å². The number of halogens is 1. The molecular formula is C15H19BrN4O. The van der Waals surface area contributed by atoms with Gasteiger partial charge in [0.2, 0.25) is 0 Å². The van der Waals surface area contributed by atoms with Crippen molar-refractivity contribution in [2.75, 3.05) is 6.54 Å². The minimum atomic E-state index is -0.0583. The van der Waals surface area contributed by atoms with Crippen molar-refractivity contribution >= 4 is 27.4 Å². The molecule has 2 unspecified atom stereocenters. The van der Waals surface area contributed by atoms with Gasteiger partial charge in [-0.1, -0.05) is 13.8 Å². The van der Waals surface area contributed by atoms with Crippen LogP contribution in [0.2, 0.25) is 0 Å². The lowest BCUT2D eigenvalue weighted by Crippen LogP contribution is -2.60. The number of carbonyl (C=O) groups excluding carboxylic acids is 1. The van der Waals surface area contributed by atoms with Crippen LogP contribution in [0.4, 0.5) is 0 Å². The molecule has 1 amide bonds. The second kappa shape index (κ2) is 5.10. The van der Waals surface area contributed by atoms with Crippen molar-refractivity contribution in [3.05, 3.63) is 34.6 Å². The molecule has 1 aliphatic carbocycles. The molecule has 3 rings (SSSR count). The number of nitrogens with zero attached hydrogens (tertiary/aromatic N) is 2. The van der Waals surface area contributed by atoms with Gasteiger partial charge in [0.05, 0.1) is 21.7 Å². The lowest BCUT2D eigenvalue weighted by molar-refractivity contribution is 0.0200. The molecule has 2 heterocycles. The number of hydrogen-bond donors (Lipinski definition) is 2. The second-order valence-electron chi connectivity index (χ2n) is 6.26. The Balaban J connectivity index is 1.76. The minimum Gasteiger partial charge on any atom is -0.349 e. The third-order valence-electron chi connectivity index (χ3n) is 4.79. The third-order valence-corrected chi connectivity index (χ3v) is 5.40. The Bertz CT molecular complexity index is 694. The molecule has 0 saturated heterocycles. The van der Waals surface area contributed by atoms with Gasteiger partial charge in [0.25, 0.3) is 5.91 Å². The largest absolute Gasteiger partial charge is 0.349 e. The van der Waals surface area contributed by atoms with Crippen molar-refractivity contribution < 1.29 is 4.79 Å². The summed E-state index contributed by atoms with van der Waals surface area (Å²) in [6, 6.07) is 3.89. The quantitative estimate of drug-likeness (QED) is 0.891. The van der Waals surface area contributed by atoms with Crippen molar-refractivity contribution in [1.29, 1.82) is 0 Å². The molecule has 0 radical (unpaired) electrons. The summed E-state index contributed by atoms with van der Waals surface area (Å²) in [5.41, 5.74) is 7.37. The second-order valence-corrected chi connectivity index (χ2v) is 7.11. The number of hydrogen-bond acceptors (Lipinski definition) is 3. The maximum absolute atomic E-state index is 12.4. The third kappa shape index (κ3) is 2.36. The van der Waals surface area contributed by atoms with E-state index in [9.17, 15) is 4.79 Å². The van der Waals surface area contributed by atoms with Gasteiger partial charge in [-0.15, -0.1) is 0 Å². The zero-order valence-electron chi connectivity index (χ0n) is 12.1. The van der Waals surface area contributed by atoms with Crippen LogP contribution in [-0.4, -0.2) is 28.1 Å².